The topological polar surface area (TPSA) is 288 Å². The third-order valence-electron chi connectivity index (χ3n) is 6.79. The number of aromatic amines is 4. The molecular weight excluding hydrogens is 723 g/mol. The third kappa shape index (κ3) is 13.1. The smallest absolute Gasteiger partial charge is 0.332 e. The molecule has 0 saturated carbocycles. The second kappa shape index (κ2) is 20.4. The number of rotatable bonds is 4. The van der Waals surface area contributed by atoms with Crippen LogP contribution >= 0.6 is 0 Å². The minimum absolute atomic E-state index is 0.0621. The molecule has 0 fully saturated rings. The summed E-state index contributed by atoms with van der Waals surface area (Å²) in [6.07, 6.45) is 4.27. The number of halogens is 1. The molecule has 0 amide bonds. The zero-order valence-electron chi connectivity index (χ0n) is 28.6. The first-order valence-corrected chi connectivity index (χ1v) is 14.9. The van der Waals surface area contributed by atoms with E-state index in [0.29, 0.717) is 33.8 Å². The SMILES string of the molecule is Cc1c[nH]c(=O)[nH]c1=O.Cc1cn(-c2ccc(N)cc2)c(=O)[nH]c1=O.Cc1cn(-c2ccc([N+](=O)[O-])cc2)c(=O)[nH]c1=O.O=[N+]([O-])c1ccc(F)cc1.[B][BH3-]. The minimum Gasteiger partial charge on any atom is -0.399 e. The lowest BCUT2D eigenvalue weighted by Crippen LogP contribution is -2.29. The highest BCUT2D eigenvalue weighted by molar-refractivity contribution is 6.75. The maximum absolute atomic E-state index is 12.1. The highest BCUT2D eigenvalue weighted by atomic mass is 19.1. The van der Waals surface area contributed by atoms with Gasteiger partial charge in [-0.1, -0.05) is 7.74 Å². The molecule has 19 nitrogen and oxygen atoms in total. The molecule has 3 aromatic heterocycles. The van der Waals surface area contributed by atoms with Crippen molar-refractivity contribution < 1.29 is 14.2 Å². The van der Waals surface area contributed by atoms with E-state index in [-0.39, 0.29) is 30.2 Å². The Morgan fingerprint density at radius 3 is 1.35 bits per heavy atom. The minimum atomic E-state index is -0.584. The average molecular weight is 756 g/mol. The molecule has 2 radical (unpaired) electrons. The van der Waals surface area contributed by atoms with Crippen LogP contribution < -0.4 is 39.5 Å². The van der Waals surface area contributed by atoms with Crippen LogP contribution in [0, 0.1) is 46.8 Å². The van der Waals surface area contributed by atoms with Gasteiger partial charge in [0, 0.05) is 65.2 Å². The van der Waals surface area contributed by atoms with Gasteiger partial charge in [-0.25, -0.2) is 18.8 Å². The molecule has 3 heterocycles. The Bertz CT molecular complexity index is 2600. The number of nitrogens with zero attached hydrogens (tertiary/aromatic N) is 4. The molecule has 0 aliphatic rings. The molecule has 0 spiro atoms. The maximum atomic E-state index is 12.1. The molecule has 22 heteroatoms. The van der Waals surface area contributed by atoms with Crippen molar-refractivity contribution in [2.24, 2.45) is 0 Å². The van der Waals surface area contributed by atoms with Gasteiger partial charge in [-0.2, -0.15) is 7.74 Å². The van der Waals surface area contributed by atoms with Crippen LogP contribution in [0.4, 0.5) is 21.5 Å². The van der Waals surface area contributed by atoms with Crippen molar-refractivity contribution >= 4 is 32.5 Å². The van der Waals surface area contributed by atoms with Crippen molar-refractivity contribution in [1.82, 2.24) is 29.1 Å². The summed E-state index contributed by atoms with van der Waals surface area (Å²) in [7, 11) is 5.00. The lowest BCUT2D eigenvalue weighted by Gasteiger charge is -2.05. The number of aryl methyl sites for hydroxylation is 3. The number of H-pyrrole nitrogens is 4. The van der Waals surface area contributed by atoms with Crippen LogP contribution in [0.5, 0.6) is 0 Å². The van der Waals surface area contributed by atoms with Crippen molar-refractivity contribution in [1.29, 1.82) is 0 Å². The van der Waals surface area contributed by atoms with Gasteiger partial charge in [0.1, 0.15) is 5.82 Å². The quantitative estimate of drug-likeness (QED) is 0.0722. The Hall–Kier alpha value is -7.64. The Balaban J connectivity index is 0.000000259. The summed E-state index contributed by atoms with van der Waals surface area (Å²) in [6, 6.07) is 16.6. The number of anilines is 1. The molecule has 6 aromatic rings. The number of benzene rings is 3. The van der Waals surface area contributed by atoms with Crippen LogP contribution in [-0.4, -0.2) is 54.4 Å². The van der Waals surface area contributed by atoms with Crippen LogP contribution in [0.3, 0.4) is 0 Å². The summed E-state index contributed by atoms with van der Waals surface area (Å²) < 4.78 is 14.7. The number of nitrogens with two attached hydrogens (primary N) is 1. The van der Waals surface area contributed by atoms with Gasteiger partial charge in [-0.3, -0.25) is 58.7 Å². The average Bonchev–Trinajstić information content (AvgIpc) is 3.15. The summed E-state index contributed by atoms with van der Waals surface area (Å²) in [6.45, 7) is 4.83. The zero-order chi connectivity index (χ0) is 41.4. The Labute approximate surface area is 310 Å². The largest absolute Gasteiger partial charge is 0.399 e. The first-order valence-electron chi connectivity index (χ1n) is 14.9. The van der Waals surface area contributed by atoms with Gasteiger partial charge in [-0.15, -0.1) is 0 Å². The monoisotopic (exact) mass is 756 g/mol. The molecule has 0 bridgehead atoms. The molecule has 3 aromatic carbocycles. The molecule has 0 saturated heterocycles. The number of non-ortho nitro benzene ring substituents is 2. The van der Waals surface area contributed by atoms with Crippen LogP contribution in [0.1, 0.15) is 16.7 Å². The first kappa shape index (κ1) is 43.5. The van der Waals surface area contributed by atoms with Crippen molar-refractivity contribution in [2.75, 3.05) is 5.73 Å². The predicted octanol–water partition coefficient (Wildman–Crippen LogP) is 0.700. The normalized spacial score (nSPS) is 9.69. The Kier molecular flexibility index (Phi) is 16.2. The summed E-state index contributed by atoms with van der Waals surface area (Å²) in [4.78, 5) is 94.6. The maximum Gasteiger partial charge on any atom is 0.332 e. The summed E-state index contributed by atoms with van der Waals surface area (Å²) in [5.74, 6) is -0.467. The van der Waals surface area contributed by atoms with E-state index in [1.807, 2.05) is 0 Å². The molecule has 0 atom stereocenters. The van der Waals surface area contributed by atoms with Crippen LogP contribution in [0.25, 0.3) is 11.4 Å². The number of aromatic nitrogens is 6. The Morgan fingerprint density at radius 1 is 0.618 bits per heavy atom. The third-order valence-corrected chi connectivity index (χ3v) is 6.79. The highest BCUT2D eigenvalue weighted by Crippen LogP contribution is 2.14. The number of nitrogen functional groups attached to an aromatic ring is 1. The first-order chi connectivity index (χ1) is 26.0. The lowest BCUT2D eigenvalue weighted by molar-refractivity contribution is -0.385. The molecular formula is C33H33B2FN9O10-. The summed E-state index contributed by atoms with van der Waals surface area (Å²) in [5.41, 5.74) is 5.85. The predicted molar refractivity (Wildman–Crippen MR) is 207 cm³/mol. The molecule has 6 rings (SSSR count). The number of nitro groups is 2. The summed E-state index contributed by atoms with van der Waals surface area (Å²) in [5, 5.41) is 20.5. The van der Waals surface area contributed by atoms with E-state index in [0.717, 1.165) is 24.3 Å². The van der Waals surface area contributed by atoms with Gasteiger partial charge >= 0.3 is 17.1 Å². The van der Waals surface area contributed by atoms with Crippen molar-refractivity contribution in [3.8, 4) is 11.4 Å². The highest BCUT2D eigenvalue weighted by Gasteiger charge is 2.08. The number of nitro benzene ring substituents is 2. The van der Waals surface area contributed by atoms with Gasteiger partial charge in [0.25, 0.3) is 28.1 Å². The zero-order valence-corrected chi connectivity index (χ0v) is 28.6. The summed E-state index contributed by atoms with van der Waals surface area (Å²) >= 11 is 0. The van der Waals surface area contributed by atoms with E-state index in [2.05, 4.69) is 19.9 Å². The van der Waals surface area contributed by atoms with E-state index in [1.165, 1.54) is 52.0 Å². The van der Waals surface area contributed by atoms with Crippen molar-refractivity contribution in [2.45, 2.75) is 20.8 Å². The number of hydrogen-bond acceptors (Lipinski definition) is 11. The molecule has 6 N–H and O–H groups in total. The van der Waals surface area contributed by atoms with Gasteiger partial charge < -0.3 is 10.7 Å². The second-order valence-electron chi connectivity index (χ2n) is 10.7. The molecule has 284 valence electrons. The fraction of sp³-hybridized carbons (Fsp3) is 0.0909. The van der Waals surface area contributed by atoms with Gasteiger partial charge in [-0.05, 0) is 69.3 Å². The van der Waals surface area contributed by atoms with E-state index < -0.39 is 38.3 Å². The van der Waals surface area contributed by atoms with Crippen LogP contribution in [-0.2, 0) is 0 Å². The number of nitrogens with one attached hydrogen (secondary N) is 4. The molecule has 0 aliphatic heterocycles. The van der Waals surface area contributed by atoms with E-state index in [1.54, 1.807) is 45.0 Å². The standard InChI is InChI=1S/C11H9N3O4.C11H11N3O2.C6H4FNO2.C5H6N2O2.B2H3/c1-7-6-13(11(16)12-10(7)15)8-2-4-9(5-3-8)14(17)18;1-7-6-14(11(16)13-10(7)15)9-4-2-8(12)3-5-9;7-5-1-3-6(4-2-5)8(9)10;1-3-2-6-5(9)7-4(3)8;1-2/h2-6H,1H3,(H,12,15,16);2-6H,12H2,1H3,(H,13,15,16);1-4H;2H,1H3,(H2,6,7,8,9);1H3/q;;;;-1. The number of hydrogen-bond donors (Lipinski definition) is 5. The van der Waals surface area contributed by atoms with Crippen LogP contribution in [0.2, 0.25) is 0 Å². The molecule has 0 unspecified atom stereocenters. The Morgan fingerprint density at radius 2 is 0.982 bits per heavy atom. The van der Waals surface area contributed by atoms with Crippen molar-refractivity contribution in [3.63, 3.8) is 0 Å². The van der Waals surface area contributed by atoms with Crippen LogP contribution in [0.15, 0.2) is 120 Å². The van der Waals surface area contributed by atoms with Gasteiger partial charge in [0.15, 0.2) is 0 Å². The van der Waals surface area contributed by atoms with Gasteiger partial charge in [0.05, 0.1) is 21.2 Å². The van der Waals surface area contributed by atoms with E-state index >= 15 is 0 Å². The molecule has 55 heavy (non-hydrogen) atoms. The molecule has 0 aliphatic carbocycles. The fourth-order valence-electron chi connectivity index (χ4n) is 3.93. The fourth-order valence-corrected chi connectivity index (χ4v) is 3.93. The van der Waals surface area contributed by atoms with E-state index in [4.69, 9.17) is 13.5 Å². The van der Waals surface area contributed by atoms with Crippen molar-refractivity contribution in [3.05, 3.63) is 197 Å². The van der Waals surface area contributed by atoms with Gasteiger partial charge in [0.2, 0.25) is 0 Å². The second-order valence-corrected chi connectivity index (χ2v) is 10.7. The lowest BCUT2D eigenvalue weighted by atomic mass is 9.81. The van der Waals surface area contributed by atoms with E-state index in [9.17, 15) is 53.4 Å².